The number of amides is 1. The number of benzene rings is 1. The maximum Gasteiger partial charge on any atom is 0.339 e. The molecule has 1 aliphatic heterocycles. The number of pyridine rings is 1. The van der Waals surface area contributed by atoms with Crippen LogP contribution >= 0.6 is 0 Å². The Labute approximate surface area is 171 Å². The molecule has 1 spiro atoms. The van der Waals surface area contributed by atoms with Crippen LogP contribution in [0.15, 0.2) is 48.9 Å². The lowest BCUT2D eigenvalue weighted by atomic mass is 9.75. The number of aromatic nitrogens is 3. The van der Waals surface area contributed by atoms with Gasteiger partial charge < -0.3 is 10.1 Å². The number of nitrogens with zero attached hydrogens (tertiary/aromatic N) is 2. The van der Waals surface area contributed by atoms with Crippen molar-refractivity contribution in [3.05, 3.63) is 65.9 Å². The summed E-state index contributed by atoms with van der Waals surface area (Å²) in [5.74, 6) is -0.582. The van der Waals surface area contributed by atoms with E-state index in [-0.39, 0.29) is 23.6 Å². The number of rotatable bonds is 3. The zero-order chi connectivity index (χ0) is 20.7. The fourth-order valence-electron chi connectivity index (χ4n) is 4.39. The highest BCUT2D eigenvalue weighted by molar-refractivity contribution is 5.96. The molecule has 5 rings (SSSR count). The number of esters is 1. The smallest absolute Gasteiger partial charge is 0.339 e. The van der Waals surface area contributed by atoms with E-state index < -0.39 is 5.60 Å². The Hall–Kier alpha value is -3.55. The van der Waals surface area contributed by atoms with Crippen LogP contribution in [0.5, 0.6) is 0 Å². The highest BCUT2D eigenvalue weighted by Gasteiger charge is 2.48. The largest absolute Gasteiger partial charge is 0.450 e. The molecule has 1 aromatic carbocycles. The van der Waals surface area contributed by atoms with E-state index in [9.17, 15) is 14.0 Å². The Balaban J connectivity index is 1.29. The molecule has 0 atom stereocenters. The monoisotopic (exact) mass is 406 g/mol. The van der Waals surface area contributed by atoms with E-state index in [1.165, 1.54) is 12.1 Å². The van der Waals surface area contributed by atoms with Crippen molar-refractivity contribution in [2.45, 2.75) is 31.3 Å². The summed E-state index contributed by atoms with van der Waals surface area (Å²) >= 11 is 0. The van der Waals surface area contributed by atoms with Crippen molar-refractivity contribution in [1.29, 1.82) is 0 Å². The van der Waals surface area contributed by atoms with Gasteiger partial charge >= 0.3 is 5.97 Å². The fraction of sp³-hybridized carbons (Fsp3) is 0.273. The van der Waals surface area contributed by atoms with Crippen molar-refractivity contribution in [3.63, 3.8) is 0 Å². The van der Waals surface area contributed by atoms with Crippen molar-refractivity contribution in [1.82, 2.24) is 15.2 Å². The molecule has 0 saturated heterocycles. The lowest BCUT2D eigenvalue weighted by Gasteiger charge is -2.35. The summed E-state index contributed by atoms with van der Waals surface area (Å²) in [6.07, 6.45) is 7.26. The molecular formula is C22H19FN4O3. The summed E-state index contributed by atoms with van der Waals surface area (Å²) < 4.78 is 18.9. The van der Waals surface area contributed by atoms with Gasteiger partial charge in [0.2, 0.25) is 5.91 Å². The topological polar surface area (TPSA) is 97.0 Å². The molecule has 30 heavy (non-hydrogen) atoms. The predicted octanol–water partition coefficient (Wildman–Crippen LogP) is 3.81. The second-order valence-corrected chi connectivity index (χ2v) is 7.72. The van der Waals surface area contributed by atoms with Crippen LogP contribution in [-0.2, 0) is 15.1 Å². The molecule has 0 bridgehead atoms. The standard InChI is InChI=1S/C22H19FN4O3/c23-15-3-1-13(2-4-15)17-11-25-27-19(17)26-20(28)14-5-8-22(9-6-14)18-12-24-10-7-16(18)21(29)30-22/h1-4,7,10-12,14H,5-6,8-9H2,(H2,25,26,27,28)/t14-,22+. The average Bonchev–Trinajstić information content (AvgIpc) is 3.32. The summed E-state index contributed by atoms with van der Waals surface area (Å²) in [5, 5.41) is 9.77. The second kappa shape index (κ2) is 7.05. The molecular weight excluding hydrogens is 387 g/mol. The lowest BCUT2D eigenvalue weighted by molar-refractivity contribution is -0.122. The van der Waals surface area contributed by atoms with Crippen LogP contribution in [0.3, 0.4) is 0 Å². The number of aromatic amines is 1. The fourth-order valence-corrected chi connectivity index (χ4v) is 4.39. The first-order valence-electron chi connectivity index (χ1n) is 9.84. The minimum atomic E-state index is -0.678. The maximum atomic E-state index is 13.2. The van der Waals surface area contributed by atoms with Crippen LogP contribution in [0, 0.1) is 11.7 Å². The van der Waals surface area contributed by atoms with E-state index in [0.29, 0.717) is 42.6 Å². The Morgan fingerprint density at radius 3 is 2.70 bits per heavy atom. The third kappa shape index (κ3) is 3.04. The summed E-state index contributed by atoms with van der Waals surface area (Å²) in [6, 6.07) is 7.69. The van der Waals surface area contributed by atoms with Gasteiger partial charge in [-0.2, -0.15) is 5.10 Å². The van der Waals surface area contributed by atoms with Crippen LogP contribution in [0.1, 0.15) is 41.6 Å². The zero-order valence-electron chi connectivity index (χ0n) is 16.0. The van der Waals surface area contributed by atoms with Gasteiger partial charge in [-0.15, -0.1) is 0 Å². The number of carbonyl (C=O) groups is 2. The van der Waals surface area contributed by atoms with E-state index in [0.717, 1.165) is 11.1 Å². The highest BCUT2D eigenvalue weighted by Crippen LogP contribution is 2.48. The molecule has 7 nitrogen and oxygen atoms in total. The van der Waals surface area contributed by atoms with Gasteiger partial charge in [-0.05, 0) is 49.4 Å². The summed E-state index contributed by atoms with van der Waals surface area (Å²) in [6.45, 7) is 0. The van der Waals surface area contributed by atoms with Crippen LogP contribution in [0.25, 0.3) is 11.1 Å². The molecule has 2 aromatic heterocycles. The molecule has 1 fully saturated rings. The highest BCUT2D eigenvalue weighted by atomic mass is 19.1. The minimum Gasteiger partial charge on any atom is -0.450 e. The van der Waals surface area contributed by atoms with Crippen molar-refractivity contribution in [2.75, 3.05) is 5.32 Å². The predicted molar refractivity (Wildman–Crippen MR) is 106 cm³/mol. The Kier molecular flexibility index (Phi) is 4.34. The van der Waals surface area contributed by atoms with Gasteiger partial charge in [-0.1, -0.05) is 12.1 Å². The molecule has 3 heterocycles. The number of hydrogen-bond donors (Lipinski definition) is 2. The van der Waals surface area contributed by atoms with Crippen molar-refractivity contribution < 1.29 is 18.7 Å². The number of anilines is 1. The van der Waals surface area contributed by atoms with Gasteiger partial charge in [0.05, 0.1) is 5.56 Å². The first-order valence-corrected chi connectivity index (χ1v) is 9.84. The molecule has 0 unspecified atom stereocenters. The first-order chi connectivity index (χ1) is 14.6. The number of ether oxygens (including phenoxy) is 1. The number of carbonyl (C=O) groups excluding carboxylic acids is 2. The number of hydrogen-bond acceptors (Lipinski definition) is 5. The summed E-state index contributed by atoms with van der Waals surface area (Å²) in [4.78, 5) is 29.2. The number of fused-ring (bicyclic) bond motifs is 2. The normalized spacial score (nSPS) is 22.6. The van der Waals surface area contributed by atoms with E-state index in [1.54, 1.807) is 36.8 Å². The SMILES string of the molecule is O=C1O[C@]2(CC[C@@H](C(=O)Nc3n[nH]cc3-c3ccc(F)cc3)CC2)c2cnccc21. The van der Waals surface area contributed by atoms with Gasteiger partial charge in [0.1, 0.15) is 11.4 Å². The maximum absolute atomic E-state index is 13.2. The third-order valence-corrected chi connectivity index (χ3v) is 6.02. The van der Waals surface area contributed by atoms with Gasteiger partial charge in [-0.25, -0.2) is 9.18 Å². The molecule has 152 valence electrons. The molecule has 2 N–H and O–H groups in total. The quantitative estimate of drug-likeness (QED) is 0.645. The Morgan fingerprint density at radius 1 is 1.17 bits per heavy atom. The van der Waals surface area contributed by atoms with E-state index in [2.05, 4.69) is 20.5 Å². The van der Waals surface area contributed by atoms with E-state index >= 15 is 0 Å². The third-order valence-electron chi connectivity index (χ3n) is 6.02. The van der Waals surface area contributed by atoms with Crippen LogP contribution in [0.2, 0.25) is 0 Å². The van der Waals surface area contributed by atoms with Crippen molar-refractivity contribution >= 4 is 17.7 Å². The molecule has 1 saturated carbocycles. The van der Waals surface area contributed by atoms with Gasteiger partial charge in [-0.3, -0.25) is 14.9 Å². The number of H-pyrrole nitrogens is 1. The first kappa shape index (κ1) is 18.5. The molecule has 1 amide bonds. The van der Waals surface area contributed by atoms with Gasteiger partial charge in [0, 0.05) is 35.6 Å². The molecule has 8 heteroatoms. The number of nitrogens with one attached hydrogen (secondary N) is 2. The minimum absolute atomic E-state index is 0.129. The van der Waals surface area contributed by atoms with Crippen molar-refractivity contribution in [2.24, 2.45) is 5.92 Å². The lowest BCUT2D eigenvalue weighted by Crippen LogP contribution is -2.36. The molecule has 0 radical (unpaired) electrons. The Bertz CT molecular complexity index is 1120. The molecule has 1 aliphatic carbocycles. The zero-order valence-corrected chi connectivity index (χ0v) is 16.0. The van der Waals surface area contributed by atoms with Crippen LogP contribution in [-0.4, -0.2) is 27.1 Å². The second-order valence-electron chi connectivity index (χ2n) is 7.72. The summed E-state index contributed by atoms with van der Waals surface area (Å²) in [7, 11) is 0. The van der Waals surface area contributed by atoms with Gasteiger partial charge in [0.25, 0.3) is 0 Å². The van der Waals surface area contributed by atoms with Gasteiger partial charge in [0.15, 0.2) is 5.82 Å². The van der Waals surface area contributed by atoms with Crippen LogP contribution < -0.4 is 5.32 Å². The average molecular weight is 406 g/mol. The van der Waals surface area contributed by atoms with E-state index in [4.69, 9.17) is 4.74 Å². The summed E-state index contributed by atoms with van der Waals surface area (Å²) in [5.41, 5.74) is 2.15. The van der Waals surface area contributed by atoms with E-state index in [1.807, 2.05) is 0 Å². The number of halogens is 1. The molecule has 2 aliphatic rings. The van der Waals surface area contributed by atoms with Crippen molar-refractivity contribution in [3.8, 4) is 11.1 Å². The Morgan fingerprint density at radius 2 is 1.93 bits per heavy atom. The van der Waals surface area contributed by atoms with Crippen LogP contribution in [0.4, 0.5) is 10.2 Å². The molecule has 3 aromatic rings.